The number of hydrogen-bond donors (Lipinski definition) is 2. The van der Waals surface area contributed by atoms with Gasteiger partial charge in [-0.15, -0.1) is 0 Å². The first-order valence-corrected chi connectivity index (χ1v) is 10.1. The molecule has 0 heterocycles. The largest absolute Gasteiger partial charge is 0.352 e. The van der Waals surface area contributed by atoms with E-state index in [0.29, 0.717) is 24.2 Å². The molecule has 0 aliphatic heterocycles. The average Bonchev–Trinajstić information content (AvgIpc) is 2.59. The Bertz CT molecular complexity index is 789. The molecule has 2 aromatic carbocycles. The maximum absolute atomic E-state index is 12.2. The van der Waals surface area contributed by atoms with Crippen molar-refractivity contribution in [2.24, 2.45) is 0 Å². The molecule has 2 rings (SSSR count). The number of sulfonamides is 1. The van der Waals surface area contributed by atoms with E-state index in [9.17, 15) is 13.2 Å². The Balaban J connectivity index is 1.86. The maximum Gasteiger partial charge on any atom is 0.251 e. The lowest BCUT2D eigenvalue weighted by molar-refractivity contribution is 0.0953. The highest BCUT2D eigenvalue weighted by Crippen LogP contribution is 2.13. The van der Waals surface area contributed by atoms with Crippen molar-refractivity contribution in [2.75, 3.05) is 17.0 Å². The van der Waals surface area contributed by atoms with Gasteiger partial charge in [-0.05, 0) is 43.0 Å². The number of nitrogens with one attached hydrogen (secondary N) is 2. The van der Waals surface area contributed by atoms with Gasteiger partial charge < -0.3 is 5.32 Å². The number of anilines is 1. The summed E-state index contributed by atoms with van der Waals surface area (Å²) in [5.41, 5.74) is 2.09. The molecule has 0 aliphatic rings. The summed E-state index contributed by atoms with van der Waals surface area (Å²) in [6.45, 7) is 2.37. The summed E-state index contributed by atoms with van der Waals surface area (Å²) in [4.78, 5) is 12.2. The monoisotopic (exact) mass is 360 g/mol. The molecular formula is C19H24N2O3S. The van der Waals surface area contributed by atoms with Crippen LogP contribution in [0.3, 0.4) is 0 Å². The average molecular weight is 360 g/mol. The van der Waals surface area contributed by atoms with Gasteiger partial charge in [-0.2, -0.15) is 0 Å². The topological polar surface area (TPSA) is 75.3 Å². The van der Waals surface area contributed by atoms with Crippen LogP contribution in [-0.4, -0.2) is 26.6 Å². The highest BCUT2D eigenvalue weighted by molar-refractivity contribution is 7.92. The molecule has 6 heteroatoms. The summed E-state index contributed by atoms with van der Waals surface area (Å²) in [6, 6.07) is 16.6. The molecule has 0 aliphatic carbocycles. The molecule has 25 heavy (non-hydrogen) atoms. The minimum Gasteiger partial charge on any atom is -0.352 e. The van der Waals surface area contributed by atoms with Crippen LogP contribution in [0.5, 0.6) is 0 Å². The van der Waals surface area contributed by atoms with E-state index in [-0.39, 0.29) is 11.7 Å². The van der Waals surface area contributed by atoms with E-state index < -0.39 is 10.0 Å². The number of rotatable bonds is 9. The van der Waals surface area contributed by atoms with E-state index in [2.05, 4.69) is 22.2 Å². The van der Waals surface area contributed by atoms with Gasteiger partial charge in [-0.1, -0.05) is 43.3 Å². The molecule has 5 nitrogen and oxygen atoms in total. The first-order chi connectivity index (χ1) is 12.0. The highest BCUT2D eigenvalue weighted by atomic mass is 32.2. The molecule has 1 amide bonds. The third kappa shape index (κ3) is 6.58. The zero-order chi connectivity index (χ0) is 18.1. The van der Waals surface area contributed by atoms with Crippen LogP contribution >= 0.6 is 0 Å². The van der Waals surface area contributed by atoms with Gasteiger partial charge in [-0.3, -0.25) is 9.52 Å². The number of amides is 1. The smallest absolute Gasteiger partial charge is 0.251 e. The number of carbonyl (C=O) groups excluding carboxylic acids is 1. The normalized spacial score (nSPS) is 11.1. The molecule has 0 spiro atoms. The predicted molar refractivity (Wildman–Crippen MR) is 101 cm³/mol. The van der Waals surface area contributed by atoms with Crippen LogP contribution < -0.4 is 10.0 Å². The standard InChI is InChI=1S/C19H24N2O3S/c1-2-14-25(23,24)21-18-12-6-11-17(15-18)19(22)20-13-7-10-16-8-4-3-5-9-16/h3-6,8-9,11-12,15,21H,2,7,10,13-14H2,1H3,(H,20,22). The Labute approximate surface area is 149 Å². The van der Waals surface area contributed by atoms with E-state index in [1.165, 1.54) is 5.56 Å². The number of carbonyl (C=O) groups is 1. The molecule has 0 bridgehead atoms. The van der Waals surface area contributed by atoms with Crippen molar-refractivity contribution < 1.29 is 13.2 Å². The van der Waals surface area contributed by atoms with Crippen LogP contribution in [0.4, 0.5) is 5.69 Å². The second-order valence-corrected chi connectivity index (χ2v) is 7.69. The fraction of sp³-hybridized carbons (Fsp3) is 0.316. The fourth-order valence-electron chi connectivity index (χ4n) is 2.46. The van der Waals surface area contributed by atoms with E-state index in [0.717, 1.165) is 12.8 Å². The Morgan fingerprint density at radius 3 is 2.52 bits per heavy atom. The molecule has 0 atom stereocenters. The van der Waals surface area contributed by atoms with Crippen LogP contribution in [0.15, 0.2) is 54.6 Å². The van der Waals surface area contributed by atoms with E-state index >= 15 is 0 Å². The van der Waals surface area contributed by atoms with E-state index in [1.807, 2.05) is 18.2 Å². The van der Waals surface area contributed by atoms with E-state index in [4.69, 9.17) is 0 Å². The predicted octanol–water partition coefficient (Wildman–Crippen LogP) is 3.20. The molecule has 0 saturated carbocycles. The Morgan fingerprint density at radius 1 is 1.04 bits per heavy atom. The van der Waals surface area contributed by atoms with Crippen molar-refractivity contribution in [1.29, 1.82) is 0 Å². The lowest BCUT2D eigenvalue weighted by Gasteiger charge is -2.09. The Kier molecular flexibility index (Phi) is 7.01. The van der Waals surface area contributed by atoms with Crippen molar-refractivity contribution in [3.8, 4) is 0 Å². The van der Waals surface area contributed by atoms with Gasteiger partial charge >= 0.3 is 0 Å². The maximum atomic E-state index is 12.2. The minimum absolute atomic E-state index is 0.0584. The number of aryl methyl sites for hydroxylation is 1. The highest BCUT2D eigenvalue weighted by Gasteiger charge is 2.11. The molecule has 0 saturated heterocycles. The summed E-state index contributed by atoms with van der Waals surface area (Å²) < 4.78 is 26.1. The van der Waals surface area contributed by atoms with Crippen molar-refractivity contribution in [3.63, 3.8) is 0 Å². The second kappa shape index (κ2) is 9.22. The molecule has 0 radical (unpaired) electrons. The van der Waals surface area contributed by atoms with Gasteiger partial charge in [0.05, 0.1) is 5.75 Å². The van der Waals surface area contributed by atoms with Crippen molar-refractivity contribution in [1.82, 2.24) is 5.32 Å². The minimum atomic E-state index is -3.36. The van der Waals surface area contributed by atoms with Crippen molar-refractivity contribution in [3.05, 3.63) is 65.7 Å². The Morgan fingerprint density at radius 2 is 1.80 bits per heavy atom. The molecule has 0 unspecified atom stereocenters. The van der Waals surface area contributed by atoms with Gasteiger partial charge in [0.15, 0.2) is 0 Å². The zero-order valence-electron chi connectivity index (χ0n) is 14.4. The van der Waals surface area contributed by atoms with Crippen LogP contribution in [0, 0.1) is 0 Å². The SMILES string of the molecule is CCCS(=O)(=O)Nc1cccc(C(=O)NCCCc2ccccc2)c1. The van der Waals surface area contributed by atoms with Crippen LogP contribution in [0.1, 0.15) is 35.7 Å². The van der Waals surface area contributed by atoms with Gasteiger partial charge in [0.1, 0.15) is 0 Å². The van der Waals surface area contributed by atoms with E-state index in [1.54, 1.807) is 31.2 Å². The molecule has 2 aromatic rings. The lowest BCUT2D eigenvalue weighted by Crippen LogP contribution is -2.25. The number of benzene rings is 2. The van der Waals surface area contributed by atoms with Gasteiger partial charge in [-0.25, -0.2) is 8.42 Å². The molecule has 2 N–H and O–H groups in total. The van der Waals surface area contributed by atoms with Gasteiger partial charge in [0.25, 0.3) is 5.91 Å². The van der Waals surface area contributed by atoms with Crippen molar-refractivity contribution in [2.45, 2.75) is 26.2 Å². The molecule has 134 valence electrons. The van der Waals surface area contributed by atoms with Crippen LogP contribution in [0.25, 0.3) is 0 Å². The molecule has 0 aromatic heterocycles. The molecule has 0 fully saturated rings. The lowest BCUT2D eigenvalue weighted by atomic mass is 10.1. The van der Waals surface area contributed by atoms with Gasteiger partial charge in [0.2, 0.25) is 10.0 Å². The summed E-state index contributed by atoms with van der Waals surface area (Å²) in [5.74, 6) is -0.146. The van der Waals surface area contributed by atoms with Crippen molar-refractivity contribution >= 4 is 21.6 Å². The fourth-order valence-corrected chi connectivity index (χ4v) is 3.59. The first kappa shape index (κ1) is 19.0. The zero-order valence-corrected chi connectivity index (χ0v) is 15.2. The summed E-state index contributed by atoms with van der Waals surface area (Å²) in [6.07, 6.45) is 2.29. The number of hydrogen-bond acceptors (Lipinski definition) is 3. The quantitative estimate of drug-likeness (QED) is 0.674. The van der Waals surface area contributed by atoms with Crippen LogP contribution in [0.2, 0.25) is 0 Å². The summed E-state index contributed by atoms with van der Waals surface area (Å²) >= 11 is 0. The summed E-state index contributed by atoms with van der Waals surface area (Å²) in [7, 11) is -3.36. The molecular weight excluding hydrogens is 336 g/mol. The third-order valence-electron chi connectivity index (χ3n) is 3.64. The first-order valence-electron chi connectivity index (χ1n) is 8.43. The van der Waals surface area contributed by atoms with Crippen LogP contribution in [-0.2, 0) is 16.4 Å². The Hall–Kier alpha value is -2.34. The third-order valence-corrected chi connectivity index (χ3v) is 5.13. The van der Waals surface area contributed by atoms with Gasteiger partial charge in [0, 0.05) is 17.8 Å². The second-order valence-electron chi connectivity index (χ2n) is 5.85. The summed E-state index contributed by atoms with van der Waals surface area (Å²) in [5, 5.41) is 2.87.